The number of halogens is 1. The maximum Gasteiger partial charge on any atom is 0.305 e. The van der Waals surface area contributed by atoms with Gasteiger partial charge in [0.15, 0.2) is 0 Å². The van der Waals surface area contributed by atoms with Crippen LogP contribution in [0, 0.1) is 5.82 Å². The van der Waals surface area contributed by atoms with Crippen molar-refractivity contribution in [1.82, 2.24) is 4.98 Å². The number of nitrogens with one attached hydrogen (secondary N) is 2. The Morgan fingerprint density at radius 2 is 1.92 bits per heavy atom. The van der Waals surface area contributed by atoms with Crippen LogP contribution in [-0.4, -0.2) is 25.8 Å². The summed E-state index contributed by atoms with van der Waals surface area (Å²) in [5.74, 6) is -0.259. The van der Waals surface area contributed by atoms with Crippen LogP contribution in [0.25, 0.3) is 10.2 Å². The van der Waals surface area contributed by atoms with Crippen LogP contribution in [0.5, 0.6) is 5.75 Å². The Morgan fingerprint density at radius 1 is 1.17 bits per heavy atom. The van der Waals surface area contributed by atoms with Crippen molar-refractivity contribution >= 4 is 37.3 Å². The van der Waals surface area contributed by atoms with E-state index in [2.05, 4.69) is 9.71 Å². The van der Waals surface area contributed by atoms with Gasteiger partial charge in [0.2, 0.25) is 10.0 Å². The highest BCUT2D eigenvalue weighted by molar-refractivity contribution is 7.92. The van der Waals surface area contributed by atoms with Gasteiger partial charge >= 0.3 is 4.87 Å². The van der Waals surface area contributed by atoms with E-state index in [4.69, 9.17) is 4.74 Å². The molecule has 1 aromatic heterocycles. The Morgan fingerprint density at radius 3 is 2.67 bits per heavy atom. The number of ether oxygens (including phenoxy) is 1. The second kappa shape index (κ2) is 6.62. The number of H-pyrrole nitrogens is 1. The Balaban J connectivity index is 1.62. The fraction of sp³-hybridized carbons (Fsp3) is 0.133. The van der Waals surface area contributed by atoms with Crippen molar-refractivity contribution < 1.29 is 17.5 Å². The first-order chi connectivity index (χ1) is 11.4. The third-order valence-electron chi connectivity index (χ3n) is 3.13. The lowest BCUT2D eigenvalue weighted by molar-refractivity contribution is 0.340. The molecule has 0 aliphatic rings. The van der Waals surface area contributed by atoms with E-state index < -0.39 is 15.8 Å². The van der Waals surface area contributed by atoms with E-state index in [9.17, 15) is 17.6 Å². The predicted octanol–water partition coefficient (Wildman–Crippen LogP) is 2.55. The molecule has 0 fully saturated rings. The van der Waals surface area contributed by atoms with Gasteiger partial charge in [-0.25, -0.2) is 12.8 Å². The summed E-state index contributed by atoms with van der Waals surface area (Å²) in [4.78, 5) is 13.7. The molecule has 3 aromatic rings. The molecular weight excluding hydrogens is 355 g/mol. The van der Waals surface area contributed by atoms with Crippen LogP contribution < -0.4 is 14.3 Å². The third-order valence-corrected chi connectivity index (χ3v) is 5.24. The quantitative estimate of drug-likeness (QED) is 0.700. The highest BCUT2D eigenvalue weighted by Crippen LogP contribution is 2.20. The molecule has 1 heterocycles. The van der Waals surface area contributed by atoms with Crippen molar-refractivity contribution in [2.45, 2.75) is 0 Å². The van der Waals surface area contributed by atoms with Gasteiger partial charge in [-0.1, -0.05) is 11.3 Å². The minimum Gasteiger partial charge on any atom is -0.492 e. The van der Waals surface area contributed by atoms with E-state index in [0.717, 1.165) is 16.0 Å². The summed E-state index contributed by atoms with van der Waals surface area (Å²) in [6.45, 7) is -0.0709. The van der Waals surface area contributed by atoms with E-state index >= 15 is 0 Å². The van der Waals surface area contributed by atoms with E-state index in [0.29, 0.717) is 17.0 Å². The molecule has 0 atom stereocenters. The van der Waals surface area contributed by atoms with Crippen molar-refractivity contribution in [3.05, 3.63) is 57.9 Å². The molecule has 3 rings (SSSR count). The molecule has 126 valence electrons. The number of fused-ring (bicyclic) bond motifs is 1. The van der Waals surface area contributed by atoms with Crippen LogP contribution in [0.1, 0.15) is 0 Å². The number of anilines is 1. The molecule has 24 heavy (non-hydrogen) atoms. The van der Waals surface area contributed by atoms with E-state index in [1.54, 1.807) is 18.2 Å². The van der Waals surface area contributed by atoms with Crippen LogP contribution in [0.3, 0.4) is 0 Å². The number of aromatic amines is 1. The average Bonchev–Trinajstić information content (AvgIpc) is 2.88. The van der Waals surface area contributed by atoms with Crippen LogP contribution in [0.15, 0.2) is 47.3 Å². The molecule has 0 radical (unpaired) electrons. The smallest absolute Gasteiger partial charge is 0.305 e. The van der Waals surface area contributed by atoms with Gasteiger partial charge in [-0.15, -0.1) is 0 Å². The van der Waals surface area contributed by atoms with Crippen LogP contribution in [0.4, 0.5) is 10.1 Å². The van der Waals surface area contributed by atoms with Gasteiger partial charge in [0.1, 0.15) is 23.9 Å². The molecule has 0 aliphatic carbocycles. The van der Waals surface area contributed by atoms with Crippen LogP contribution in [0.2, 0.25) is 0 Å². The predicted molar refractivity (Wildman–Crippen MR) is 91.8 cm³/mol. The summed E-state index contributed by atoms with van der Waals surface area (Å²) in [6.07, 6.45) is 0. The number of benzene rings is 2. The number of thiazole rings is 1. The van der Waals surface area contributed by atoms with Crippen molar-refractivity contribution in [2.24, 2.45) is 0 Å². The van der Waals surface area contributed by atoms with Crippen molar-refractivity contribution in [2.75, 3.05) is 17.1 Å². The van der Waals surface area contributed by atoms with Crippen LogP contribution in [-0.2, 0) is 10.0 Å². The summed E-state index contributed by atoms with van der Waals surface area (Å²) in [5, 5.41) is 0. The average molecular weight is 368 g/mol. The SMILES string of the molecule is O=c1[nH]c2cc(NS(=O)(=O)CCOc3ccc(F)cc3)ccc2s1. The van der Waals surface area contributed by atoms with Crippen molar-refractivity contribution in [3.63, 3.8) is 0 Å². The summed E-state index contributed by atoms with van der Waals surface area (Å²) in [5.41, 5.74) is 0.936. The van der Waals surface area contributed by atoms with Gasteiger partial charge in [0, 0.05) is 0 Å². The van der Waals surface area contributed by atoms with E-state index in [1.165, 1.54) is 24.3 Å². The minimum atomic E-state index is -3.61. The first-order valence-corrected chi connectivity index (χ1v) is 9.40. The van der Waals surface area contributed by atoms with Gasteiger partial charge in [-0.05, 0) is 42.5 Å². The standard InChI is InChI=1S/C15H13FN2O4S2/c16-10-1-4-12(5-2-10)22-7-8-24(20,21)18-11-3-6-14-13(9-11)17-15(19)23-14/h1-6,9,18H,7-8H2,(H,17,19). The molecule has 0 saturated heterocycles. The number of sulfonamides is 1. The van der Waals surface area contributed by atoms with Gasteiger partial charge in [0.25, 0.3) is 0 Å². The van der Waals surface area contributed by atoms with Gasteiger partial charge < -0.3 is 9.72 Å². The first kappa shape index (κ1) is 16.5. The second-order valence-electron chi connectivity index (χ2n) is 4.95. The molecule has 2 aromatic carbocycles. The summed E-state index contributed by atoms with van der Waals surface area (Å²) in [7, 11) is -3.61. The minimum absolute atomic E-state index is 0.0709. The summed E-state index contributed by atoms with van der Waals surface area (Å²) < 4.78 is 45.4. The molecule has 0 bridgehead atoms. The maximum absolute atomic E-state index is 12.8. The fourth-order valence-electron chi connectivity index (χ4n) is 2.05. The largest absolute Gasteiger partial charge is 0.492 e. The van der Waals surface area contributed by atoms with E-state index in [1.807, 2.05) is 0 Å². The molecular formula is C15H13FN2O4S2. The van der Waals surface area contributed by atoms with E-state index in [-0.39, 0.29) is 17.2 Å². The Hall–Kier alpha value is -2.39. The molecule has 0 saturated carbocycles. The zero-order valence-electron chi connectivity index (χ0n) is 12.3. The lowest BCUT2D eigenvalue weighted by atomic mass is 10.3. The highest BCUT2D eigenvalue weighted by Gasteiger charge is 2.12. The molecule has 2 N–H and O–H groups in total. The zero-order chi connectivity index (χ0) is 17.2. The number of rotatable bonds is 6. The molecule has 0 amide bonds. The van der Waals surface area contributed by atoms with Gasteiger partial charge in [-0.3, -0.25) is 9.52 Å². The Labute approximate surface area is 141 Å². The summed E-state index contributed by atoms with van der Waals surface area (Å²) >= 11 is 1.06. The molecule has 0 unspecified atom stereocenters. The van der Waals surface area contributed by atoms with Crippen molar-refractivity contribution in [1.29, 1.82) is 0 Å². The zero-order valence-corrected chi connectivity index (χ0v) is 13.9. The Kier molecular flexibility index (Phi) is 4.54. The number of hydrogen-bond acceptors (Lipinski definition) is 5. The molecule has 0 spiro atoms. The topological polar surface area (TPSA) is 88.3 Å². The summed E-state index contributed by atoms with van der Waals surface area (Å²) in [6, 6.07) is 10.1. The number of hydrogen-bond donors (Lipinski definition) is 2. The second-order valence-corrected chi connectivity index (χ2v) is 7.81. The normalized spacial score (nSPS) is 11.5. The number of aromatic nitrogens is 1. The van der Waals surface area contributed by atoms with Gasteiger partial charge in [-0.2, -0.15) is 0 Å². The fourth-order valence-corrected chi connectivity index (χ4v) is 3.65. The monoisotopic (exact) mass is 368 g/mol. The highest BCUT2D eigenvalue weighted by atomic mass is 32.2. The van der Waals surface area contributed by atoms with Crippen LogP contribution >= 0.6 is 11.3 Å². The first-order valence-electron chi connectivity index (χ1n) is 6.93. The molecule has 6 nitrogen and oxygen atoms in total. The van der Waals surface area contributed by atoms with Crippen molar-refractivity contribution in [3.8, 4) is 5.75 Å². The van der Waals surface area contributed by atoms with Gasteiger partial charge in [0.05, 0.1) is 15.9 Å². The third kappa shape index (κ3) is 4.12. The maximum atomic E-state index is 12.8. The molecule has 9 heteroatoms. The molecule has 0 aliphatic heterocycles. The Bertz CT molecular complexity index is 1010. The lowest BCUT2D eigenvalue weighted by Crippen LogP contribution is -2.21. The lowest BCUT2D eigenvalue weighted by Gasteiger charge is -2.09.